The Labute approximate surface area is 213 Å². The molecule has 2 aromatic rings. The minimum Gasteiger partial charge on any atom is -0.493 e. The van der Waals surface area contributed by atoms with Gasteiger partial charge in [0.1, 0.15) is 0 Å². The lowest BCUT2D eigenvalue weighted by Gasteiger charge is -2.32. The Hall–Kier alpha value is -2.49. The normalized spacial score (nSPS) is 14.8. The molecule has 0 saturated heterocycles. The zero-order valence-electron chi connectivity index (χ0n) is 19.6. The number of fused-ring (bicyclic) bond motifs is 2. The van der Waals surface area contributed by atoms with Gasteiger partial charge in [0.05, 0.1) is 14.2 Å². The van der Waals surface area contributed by atoms with E-state index in [4.69, 9.17) is 9.47 Å². The standard InChI is InChI=1S/C25H32N4O3.HI/c1-26-25(28-12-10-18-13-22(31-2)23(32-3)14-21(18)17-28)27-11-6-9-24(30)29-15-19-7-4-5-8-20(19)16-29;/h4-5,7-8,13-14H,6,9-12,15-17H2,1-3H3,(H,26,27);1H. The number of halogens is 1. The van der Waals surface area contributed by atoms with Crippen molar-refractivity contribution in [2.24, 2.45) is 4.99 Å². The zero-order valence-corrected chi connectivity index (χ0v) is 21.9. The van der Waals surface area contributed by atoms with E-state index in [0.29, 0.717) is 13.0 Å². The van der Waals surface area contributed by atoms with Gasteiger partial charge in [-0.15, -0.1) is 24.0 Å². The molecule has 1 N–H and O–H groups in total. The Kier molecular flexibility index (Phi) is 8.82. The molecule has 2 aliphatic rings. The van der Waals surface area contributed by atoms with Gasteiger partial charge in [-0.1, -0.05) is 24.3 Å². The third-order valence-electron chi connectivity index (χ3n) is 6.27. The van der Waals surface area contributed by atoms with E-state index in [1.807, 2.05) is 17.0 Å². The topological polar surface area (TPSA) is 66.4 Å². The van der Waals surface area contributed by atoms with E-state index in [1.54, 1.807) is 21.3 Å². The molecule has 0 saturated carbocycles. The average Bonchev–Trinajstić information content (AvgIpc) is 3.27. The van der Waals surface area contributed by atoms with Crippen LogP contribution in [0.2, 0.25) is 0 Å². The maximum atomic E-state index is 12.6. The highest BCUT2D eigenvalue weighted by atomic mass is 127. The van der Waals surface area contributed by atoms with Crippen LogP contribution >= 0.6 is 24.0 Å². The SMILES string of the molecule is CN=C(NCCCC(=O)N1Cc2ccccc2C1)N1CCc2cc(OC)c(OC)cc2C1.I. The van der Waals surface area contributed by atoms with E-state index in [0.717, 1.165) is 56.5 Å². The summed E-state index contributed by atoms with van der Waals surface area (Å²) in [6, 6.07) is 12.4. The van der Waals surface area contributed by atoms with Crippen LogP contribution in [0.5, 0.6) is 11.5 Å². The summed E-state index contributed by atoms with van der Waals surface area (Å²) in [5.74, 6) is 2.60. The molecule has 178 valence electrons. The molecule has 33 heavy (non-hydrogen) atoms. The van der Waals surface area contributed by atoms with Crippen molar-refractivity contribution < 1.29 is 14.3 Å². The summed E-state index contributed by atoms with van der Waals surface area (Å²) in [4.78, 5) is 21.3. The quantitative estimate of drug-likeness (QED) is 0.252. The second kappa shape index (κ2) is 11.6. The molecule has 0 atom stereocenters. The molecule has 0 aliphatic carbocycles. The Morgan fingerprint density at radius 3 is 2.18 bits per heavy atom. The van der Waals surface area contributed by atoms with Crippen LogP contribution in [0.25, 0.3) is 0 Å². The molecule has 4 rings (SSSR count). The number of benzene rings is 2. The maximum absolute atomic E-state index is 12.6. The van der Waals surface area contributed by atoms with Gasteiger partial charge in [0.25, 0.3) is 0 Å². The fourth-order valence-corrected chi connectivity index (χ4v) is 4.50. The van der Waals surface area contributed by atoms with Crippen molar-refractivity contribution in [2.45, 2.75) is 38.9 Å². The third-order valence-corrected chi connectivity index (χ3v) is 6.27. The van der Waals surface area contributed by atoms with E-state index < -0.39 is 0 Å². The van der Waals surface area contributed by atoms with Crippen LogP contribution in [0.1, 0.15) is 35.1 Å². The number of aliphatic imine (C=N–C) groups is 1. The first kappa shape index (κ1) is 25.1. The average molecular weight is 564 g/mol. The Bertz CT molecular complexity index is 986. The van der Waals surface area contributed by atoms with Crippen molar-refractivity contribution in [3.8, 4) is 11.5 Å². The fourth-order valence-electron chi connectivity index (χ4n) is 4.50. The van der Waals surface area contributed by atoms with Crippen LogP contribution < -0.4 is 14.8 Å². The number of carbonyl (C=O) groups excluding carboxylic acids is 1. The van der Waals surface area contributed by atoms with Gasteiger partial charge >= 0.3 is 0 Å². The van der Waals surface area contributed by atoms with Gasteiger partial charge in [0.15, 0.2) is 17.5 Å². The molecule has 0 fully saturated rings. The van der Waals surface area contributed by atoms with E-state index in [1.165, 1.54) is 22.3 Å². The summed E-state index contributed by atoms with van der Waals surface area (Å²) < 4.78 is 10.9. The summed E-state index contributed by atoms with van der Waals surface area (Å²) in [5.41, 5.74) is 5.03. The minimum atomic E-state index is 0. The van der Waals surface area contributed by atoms with E-state index >= 15 is 0 Å². The van der Waals surface area contributed by atoms with Crippen molar-refractivity contribution in [1.82, 2.24) is 15.1 Å². The largest absolute Gasteiger partial charge is 0.493 e. The van der Waals surface area contributed by atoms with Crippen LogP contribution in [0, 0.1) is 0 Å². The predicted molar refractivity (Wildman–Crippen MR) is 140 cm³/mol. The summed E-state index contributed by atoms with van der Waals surface area (Å²) in [6.07, 6.45) is 2.24. The molecule has 0 spiro atoms. The first-order chi connectivity index (χ1) is 15.6. The first-order valence-electron chi connectivity index (χ1n) is 11.2. The fraction of sp³-hybridized carbons (Fsp3) is 0.440. The van der Waals surface area contributed by atoms with E-state index in [-0.39, 0.29) is 29.9 Å². The van der Waals surface area contributed by atoms with Gasteiger partial charge in [-0.3, -0.25) is 9.79 Å². The molecular formula is C25H33IN4O3. The molecule has 1 amide bonds. The van der Waals surface area contributed by atoms with Crippen LogP contribution in [0.4, 0.5) is 0 Å². The summed E-state index contributed by atoms with van der Waals surface area (Å²) >= 11 is 0. The Morgan fingerprint density at radius 2 is 1.58 bits per heavy atom. The van der Waals surface area contributed by atoms with Gasteiger partial charge in [-0.2, -0.15) is 0 Å². The number of ether oxygens (including phenoxy) is 2. The number of guanidine groups is 1. The van der Waals surface area contributed by atoms with Gasteiger partial charge in [0.2, 0.25) is 5.91 Å². The lowest BCUT2D eigenvalue weighted by atomic mass is 9.99. The second-order valence-electron chi connectivity index (χ2n) is 8.24. The highest BCUT2D eigenvalue weighted by Crippen LogP contribution is 2.33. The van der Waals surface area contributed by atoms with Crippen LogP contribution in [-0.4, -0.2) is 56.0 Å². The van der Waals surface area contributed by atoms with Crippen LogP contribution in [0.3, 0.4) is 0 Å². The Morgan fingerprint density at radius 1 is 0.970 bits per heavy atom. The van der Waals surface area contributed by atoms with E-state index in [2.05, 4.69) is 39.5 Å². The molecule has 0 radical (unpaired) electrons. The molecule has 2 aliphatic heterocycles. The monoisotopic (exact) mass is 564 g/mol. The molecule has 7 nitrogen and oxygen atoms in total. The number of hydrogen-bond donors (Lipinski definition) is 1. The predicted octanol–water partition coefficient (Wildman–Crippen LogP) is 3.58. The van der Waals surface area contributed by atoms with Gasteiger partial charge in [0, 0.05) is 46.2 Å². The molecule has 8 heteroatoms. The van der Waals surface area contributed by atoms with Crippen LogP contribution in [-0.2, 0) is 30.8 Å². The Balaban J connectivity index is 0.00000306. The maximum Gasteiger partial charge on any atom is 0.223 e. The van der Waals surface area contributed by atoms with Crippen LogP contribution in [0.15, 0.2) is 41.4 Å². The number of carbonyl (C=O) groups is 1. The number of nitrogens with zero attached hydrogens (tertiary/aromatic N) is 3. The zero-order chi connectivity index (χ0) is 22.5. The smallest absolute Gasteiger partial charge is 0.223 e. The highest BCUT2D eigenvalue weighted by molar-refractivity contribution is 14.0. The number of amides is 1. The number of hydrogen-bond acceptors (Lipinski definition) is 4. The molecule has 0 unspecified atom stereocenters. The summed E-state index contributed by atoms with van der Waals surface area (Å²) in [7, 11) is 5.13. The molecule has 0 bridgehead atoms. The number of nitrogens with one attached hydrogen (secondary N) is 1. The minimum absolute atomic E-state index is 0. The summed E-state index contributed by atoms with van der Waals surface area (Å²) in [5, 5.41) is 3.43. The molecule has 2 heterocycles. The number of rotatable bonds is 6. The van der Waals surface area contributed by atoms with Crippen molar-refractivity contribution >= 4 is 35.8 Å². The molecule has 2 aromatic carbocycles. The van der Waals surface area contributed by atoms with Gasteiger partial charge < -0.3 is 24.6 Å². The van der Waals surface area contributed by atoms with Crippen molar-refractivity contribution in [1.29, 1.82) is 0 Å². The highest BCUT2D eigenvalue weighted by Gasteiger charge is 2.23. The first-order valence-corrected chi connectivity index (χ1v) is 11.2. The van der Waals surface area contributed by atoms with E-state index in [9.17, 15) is 4.79 Å². The van der Waals surface area contributed by atoms with Crippen molar-refractivity contribution in [3.63, 3.8) is 0 Å². The lowest BCUT2D eigenvalue weighted by Crippen LogP contribution is -2.44. The summed E-state index contributed by atoms with van der Waals surface area (Å²) in [6.45, 7) is 3.82. The second-order valence-corrected chi connectivity index (χ2v) is 8.24. The molecule has 0 aromatic heterocycles. The van der Waals surface area contributed by atoms with Crippen molar-refractivity contribution in [2.75, 3.05) is 34.4 Å². The van der Waals surface area contributed by atoms with Gasteiger partial charge in [-0.25, -0.2) is 0 Å². The number of methoxy groups -OCH3 is 2. The third kappa shape index (κ3) is 5.72. The lowest BCUT2D eigenvalue weighted by molar-refractivity contribution is -0.131. The van der Waals surface area contributed by atoms with Crippen molar-refractivity contribution in [3.05, 3.63) is 58.7 Å². The molecular weight excluding hydrogens is 531 g/mol. The van der Waals surface area contributed by atoms with Gasteiger partial charge in [-0.05, 0) is 47.2 Å².